The van der Waals surface area contributed by atoms with Crippen molar-refractivity contribution in [1.82, 2.24) is 5.32 Å². The molecule has 2 N–H and O–H groups in total. The van der Waals surface area contributed by atoms with Crippen LogP contribution < -0.4 is 10.6 Å². The summed E-state index contributed by atoms with van der Waals surface area (Å²) in [5.74, 6) is 0.196. The van der Waals surface area contributed by atoms with E-state index in [9.17, 15) is 9.59 Å². The molecule has 0 aromatic heterocycles. The molecular formula is C24H27N3O3. The molecule has 0 saturated heterocycles. The van der Waals surface area contributed by atoms with Gasteiger partial charge < -0.3 is 10.1 Å². The van der Waals surface area contributed by atoms with Crippen LogP contribution in [0.15, 0.2) is 59.6 Å². The summed E-state index contributed by atoms with van der Waals surface area (Å²) in [6.07, 6.45) is 5.26. The minimum absolute atomic E-state index is 0.139. The maximum absolute atomic E-state index is 12.7. The monoisotopic (exact) mass is 405 g/mol. The summed E-state index contributed by atoms with van der Waals surface area (Å²) in [5.41, 5.74) is 3.41. The Labute approximate surface area is 176 Å². The Morgan fingerprint density at radius 2 is 1.77 bits per heavy atom. The van der Waals surface area contributed by atoms with Crippen LogP contribution in [0.25, 0.3) is 0 Å². The minimum atomic E-state index is -1.01. The molecule has 2 aromatic rings. The van der Waals surface area contributed by atoms with Crippen molar-refractivity contribution in [2.45, 2.75) is 51.3 Å². The Balaban J connectivity index is 1.49. The van der Waals surface area contributed by atoms with E-state index in [4.69, 9.17) is 4.74 Å². The molecule has 2 aromatic carbocycles. The van der Waals surface area contributed by atoms with Gasteiger partial charge in [-0.3, -0.25) is 15.1 Å². The summed E-state index contributed by atoms with van der Waals surface area (Å²) in [6, 6.07) is 17.1. The lowest BCUT2D eigenvalue weighted by Gasteiger charge is -2.22. The third kappa shape index (κ3) is 5.06. The van der Waals surface area contributed by atoms with Crippen molar-refractivity contribution in [3.05, 3.63) is 65.7 Å². The van der Waals surface area contributed by atoms with Crippen molar-refractivity contribution >= 4 is 23.4 Å². The number of para-hydroxylation sites is 1. The quantitative estimate of drug-likeness (QED) is 0.760. The molecule has 6 heteroatoms. The van der Waals surface area contributed by atoms with Gasteiger partial charge in [0.2, 0.25) is 6.17 Å². The molecule has 1 atom stereocenters. The molecule has 30 heavy (non-hydrogen) atoms. The second-order valence-corrected chi connectivity index (χ2v) is 7.93. The number of ether oxygens (including phenoxy) is 1. The number of alkyl carbamates (subject to hydrolysis) is 1. The van der Waals surface area contributed by atoms with Crippen LogP contribution in [0.1, 0.15) is 49.7 Å². The Hall–Kier alpha value is -3.15. The number of benzodiazepines with no additional fused rings is 1. The molecule has 0 bridgehead atoms. The van der Waals surface area contributed by atoms with Crippen LogP contribution in [0.2, 0.25) is 0 Å². The number of carbonyl (C=O) groups excluding carboxylic acids is 2. The summed E-state index contributed by atoms with van der Waals surface area (Å²) in [6.45, 7) is 0.139. The summed E-state index contributed by atoms with van der Waals surface area (Å²) in [7, 11) is 0. The first-order valence-electron chi connectivity index (χ1n) is 10.6. The van der Waals surface area contributed by atoms with E-state index in [1.54, 1.807) is 0 Å². The molecule has 2 aliphatic rings. The van der Waals surface area contributed by atoms with E-state index < -0.39 is 12.3 Å². The molecule has 1 saturated carbocycles. The van der Waals surface area contributed by atoms with Gasteiger partial charge in [0.15, 0.2) is 0 Å². The number of fused-ring (bicyclic) bond motifs is 1. The van der Waals surface area contributed by atoms with Gasteiger partial charge in [-0.25, -0.2) is 4.79 Å². The lowest BCUT2D eigenvalue weighted by atomic mass is 9.84. The molecule has 1 fully saturated rings. The van der Waals surface area contributed by atoms with Crippen molar-refractivity contribution < 1.29 is 14.3 Å². The fraction of sp³-hybridized carbons (Fsp3) is 0.375. The zero-order chi connectivity index (χ0) is 20.8. The molecule has 1 unspecified atom stereocenters. The highest BCUT2D eigenvalue weighted by Gasteiger charge is 2.28. The van der Waals surface area contributed by atoms with Crippen LogP contribution in [0, 0.1) is 5.92 Å². The summed E-state index contributed by atoms with van der Waals surface area (Å²) < 4.78 is 5.28. The third-order valence-electron chi connectivity index (χ3n) is 5.70. The van der Waals surface area contributed by atoms with E-state index in [1.807, 2.05) is 54.6 Å². The van der Waals surface area contributed by atoms with Crippen molar-refractivity contribution in [1.29, 1.82) is 0 Å². The molecule has 156 valence electrons. The van der Waals surface area contributed by atoms with Crippen LogP contribution in [0.5, 0.6) is 0 Å². The number of benzene rings is 2. The lowest BCUT2D eigenvalue weighted by Crippen LogP contribution is -2.42. The number of nitrogens with one attached hydrogen (secondary N) is 2. The van der Waals surface area contributed by atoms with E-state index >= 15 is 0 Å². The molecule has 4 rings (SSSR count). The SMILES string of the molecule is O=C(NC1N=C(CC2CCCCC2)c2ccccc2NC1=O)OCc1ccccc1. The third-order valence-corrected chi connectivity index (χ3v) is 5.70. The highest BCUT2D eigenvalue weighted by atomic mass is 16.5. The Morgan fingerprint density at radius 3 is 2.57 bits per heavy atom. The van der Waals surface area contributed by atoms with Gasteiger partial charge in [0.25, 0.3) is 5.91 Å². The summed E-state index contributed by atoms with van der Waals surface area (Å²) in [5, 5.41) is 5.52. The van der Waals surface area contributed by atoms with Crippen LogP contribution in [0.4, 0.5) is 10.5 Å². The van der Waals surface area contributed by atoms with E-state index in [2.05, 4.69) is 15.6 Å². The maximum Gasteiger partial charge on any atom is 0.409 e. The van der Waals surface area contributed by atoms with Crippen molar-refractivity contribution in [3.8, 4) is 0 Å². The first-order chi connectivity index (χ1) is 14.7. The number of amides is 2. The fourth-order valence-corrected chi connectivity index (χ4v) is 4.13. The first-order valence-corrected chi connectivity index (χ1v) is 10.6. The van der Waals surface area contributed by atoms with Gasteiger partial charge in [-0.15, -0.1) is 0 Å². The predicted octanol–water partition coefficient (Wildman–Crippen LogP) is 4.65. The molecule has 1 heterocycles. The molecule has 6 nitrogen and oxygen atoms in total. The normalized spacial score (nSPS) is 19.1. The van der Waals surface area contributed by atoms with Gasteiger partial charge in [0, 0.05) is 17.0 Å². The predicted molar refractivity (Wildman–Crippen MR) is 116 cm³/mol. The largest absolute Gasteiger partial charge is 0.445 e. The Morgan fingerprint density at radius 1 is 1.03 bits per heavy atom. The van der Waals surface area contributed by atoms with Gasteiger partial charge in [0.1, 0.15) is 6.61 Å². The van der Waals surface area contributed by atoms with Crippen LogP contribution in [0.3, 0.4) is 0 Å². The number of hydrogen-bond acceptors (Lipinski definition) is 4. The number of aliphatic imine (C=N–C) groups is 1. The average molecular weight is 405 g/mol. The van der Waals surface area contributed by atoms with Gasteiger partial charge in [-0.1, -0.05) is 80.6 Å². The van der Waals surface area contributed by atoms with E-state index in [0.717, 1.165) is 28.9 Å². The van der Waals surface area contributed by atoms with Crippen molar-refractivity contribution in [3.63, 3.8) is 0 Å². The maximum atomic E-state index is 12.7. The number of nitrogens with zero attached hydrogens (tertiary/aromatic N) is 1. The topological polar surface area (TPSA) is 79.8 Å². The van der Waals surface area contributed by atoms with Gasteiger partial charge in [-0.2, -0.15) is 0 Å². The molecule has 0 spiro atoms. The number of hydrogen-bond donors (Lipinski definition) is 2. The van der Waals surface area contributed by atoms with Crippen molar-refractivity contribution in [2.75, 3.05) is 5.32 Å². The number of rotatable bonds is 5. The smallest absolute Gasteiger partial charge is 0.409 e. The summed E-state index contributed by atoms with van der Waals surface area (Å²) >= 11 is 0. The second-order valence-electron chi connectivity index (χ2n) is 7.93. The average Bonchev–Trinajstić information content (AvgIpc) is 2.90. The standard InChI is InChI=1S/C24H27N3O3/c28-23-22(27-24(29)30-16-18-11-5-2-6-12-18)25-21(15-17-9-3-1-4-10-17)19-13-7-8-14-20(19)26-23/h2,5-8,11-14,17,22H,1,3-4,9-10,15-16H2,(H,26,28)(H,27,29). The zero-order valence-corrected chi connectivity index (χ0v) is 17.0. The van der Waals surface area contributed by atoms with Gasteiger partial charge >= 0.3 is 6.09 Å². The molecule has 2 amide bonds. The van der Waals surface area contributed by atoms with E-state index in [-0.39, 0.29) is 12.5 Å². The molecule has 1 aliphatic heterocycles. The minimum Gasteiger partial charge on any atom is -0.445 e. The van der Waals surface area contributed by atoms with E-state index in [1.165, 1.54) is 32.1 Å². The van der Waals surface area contributed by atoms with Crippen LogP contribution in [-0.4, -0.2) is 23.9 Å². The Kier molecular flexibility index (Phi) is 6.42. The van der Waals surface area contributed by atoms with Crippen molar-refractivity contribution in [2.24, 2.45) is 10.9 Å². The highest BCUT2D eigenvalue weighted by Crippen LogP contribution is 2.30. The molecule has 1 aliphatic carbocycles. The molecule has 0 radical (unpaired) electrons. The fourth-order valence-electron chi connectivity index (χ4n) is 4.13. The zero-order valence-electron chi connectivity index (χ0n) is 17.0. The second kappa shape index (κ2) is 9.57. The van der Waals surface area contributed by atoms with Gasteiger partial charge in [0.05, 0.1) is 0 Å². The molecular weight excluding hydrogens is 378 g/mol. The summed E-state index contributed by atoms with van der Waals surface area (Å²) in [4.78, 5) is 29.7. The van der Waals surface area contributed by atoms with E-state index in [0.29, 0.717) is 5.92 Å². The number of carbonyl (C=O) groups is 2. The Bertz CT molecular complexity index is 920. The van der Waals surface area contributed by atoms with Crippen LogP contribution >= 0.6 is 0 Å². The number of anilines is 1. The first kappa shape index (κ1) is 20.1. The lowest BCUT2D eigenvalue weighted by molar-refractivity contribution is -0.117. The van der Waals surface area contributed by atoms with Gasteiger partial charge in [-0.05, 0) is 24.0 Å². The highest BCUT2D eigenvalue weighted by molar-refractivity contribution is 6.12. The van der Waals surface area contributed by atoms with Crippen LogP contribution in [-0.2, 0) is 16.1 Å².